The van der Waals surface area contributed by atoms with Crippen molar-refractivity contribution in [3.05, 3.63) is 46.1 Å². The van der Waals surface area contributed by atoms with Crippen molar-refractivity contribution in [3.8, 4) is 11.5 Å². The number of aromatic amines is 1. The molecule has 9 nitrogen and oxygen atoms in total. The Morgan fingerprint density at radius 1 is 1.28 bits per heavy atom. The lowest BCUT2D eigenvalue weighted by molar-refractivity contribution is -0.117. The minimum atomic E-state index is -0.405. The zero-order valence-corrected chi connectivity index (χ0v) is 16.4. The number of furan rings is 1. The second-order valence-electron chi connectivity index (χ2n) is 7.12. The topological polar surface area (TPSA) is 110 Å². The summed E-state index contributed by atoms with van der Waals surface area (Å²) in [7, 11) is 1.82. The highest BCUT2D eigenvalue weighted by Crippen LogP contribution is 2.31. The Bertz CT molecular complexity index is 1120. The van der Waals surface area contributed by atoms with Gasteiger partial charge in [0.2, 0.25) is 11.8 Å². The number of hydrogen-bond acceptors (Lipinski definition) is 7. The molecule has 1 aromatic carbocycles. The molecule has 0 fully saturated rings. The molecule has 2 N–H and O–H groups in total. The van der Waals surface area contributed by atoms with Crippen molar-refractivity contribution in [1.82, 2.24) is 15.1 Å². The van der Waals surface area contributed by atoms with E-state index in [-0.39, 0.29) is 24.4 Å². The van der Waals surface area contributed by atoms with Gasteiger partial charge in [-0.25, -0.2) is 5.10 Å². The van der Waals surface area contributed by atoms with Crippen molar-refractivity contribution in [2.24, 2.45) is 0 Å². The van der Waals surface area contributed by atoms with E-state index < -0.39 is 5.56 Å². The highest BCUT2D eigenvalue weighted by Gasteiger charge is 2.23. The smallest absolute Gasteiger partial charge is 0.277 e. The number of hydrogen-bond donors (Lipinski definition) is 2. The molecule has 0 aliphatic carbocycles. The SMILES string of the molecule is Cc1n[nH]c(=O)c2c(NC(=O)CN(C)C[C@@H]3COc4ccccc4O3)oc(C)c12. The fourth-order valence-corrected chi connectivity index (χ4v) is 3.51. The number of ether oxygens (including phenoxy) is 2. The normalized spacial score (nSPS) is 15.7. The molecular formula is C20H22N4O5. The van der Waals surface area contributed by atoms with Crippen LogP contribution in [0.4, 0.5) is 5.88 Å². The van der Waals surface area contributed by atoms with Gasteiger partial charge in [-0.1, -0.05) is 12.1 Å². The van der Waals surface area contributed by atoms with Crippen LogP contribution in [0.5, 0.6) is 11.5 Å². The molecule has 0 bridgehead atoms. The molecule has 0 saturated heterocycles. The largest absolute Gasteiger partial charge is 0.486 e. The number of nitrogens with one attached hydrogen (secondary N) is 2. The van der Waals surface area contributed by atoms with Gasteiger partial charge >= 0.3 is 0 Å². The van der Waals surface area contributed by atoms with E-state index in [1.165, 1.54) is 0 Å². The first kappa shape index (κ1) is 19.0. The monoisotopic (exact) mass is 398 g/mol. The number of rotatable bonds is 5. The minimum absolute atomic E-state index is 0.102. The maximum absolute atomic E-state index is 12.5. The molecule has 1 amide bonds. The van der Waals surface area contributed by atoms with Gasteiger partial charge in [-0.15, -0.1) is 0 Å². The summed E-state index contributed by atoms with van der Waals surface area (Å²) in [6.45, 7) is 4.52. The van der Waals surface area contributed by atoms with Crippen molar-refractivity contribution in [2.45, 2.75) is 20.0 Å². The van der Waals surface area contributed by atoms with Gasteiger partial charge in [0, 0.05) is 6.54 Å². The van der Waals surface area contributed by atoms with E-state index in [1.807, 2.05) is 36.2 Å². The molecule has 1 aliphatic rings. The van der Waals surface area contributed by atoms with Crippen LogP contribution in [0.1, 0.15) is 11.5 Å². The third kappa shape index (κ3) is 3.81. The molecule has 0 spiro atoms. The zero-order chi connectivity index (χ0) is 20.5. The van der Waals surface area contributed by atoms with E-state index in [9.17, 15) is 9.59 Å². The minimum Gasteiger partial charge on any atom is -0.486 e. The molecule has 0 radical (unpaired) electrons. The van der Waals surface area contributed by atoms with Gasteiger partial charge in [-0.05, 0) is 33.0 Å². The molecule has 29 heavy (non-hydrogen) atoms. The van der Waals surface area contributed by atoms with Gasteiger partial charge in [-0.3, -0.25) is 19.8 Å². The standard InChI is InChI=1S/C20H22N4O5/c1-11-17-12(2)28-20(18(17)19(26)23-22-11)21-16(25)9-24(3)8-13-10-27-14-6-4-5-7-15(14)29-13/h4-7,13H,8-10H2,1-3H3,(H,21,25)(H,23,26)/t13-/m1/s1. The van der Waals surface area contributed by atoms with Crippen molar-refractivity contribution in [1.29, 1.82) is 0 Å². The number of benzene rings is 1. The number of nitrogens with zero attached hydrogens (tertiary/aromatic N) is 2. The van der Waals surface area contributed by atoms with E-state index in [2.05, 4.69) is 15.5 Å². The van der Waals surface area contributed by atoms with E-state index >= 15 is 0 Å². The van der Waals surface area contributed by atoms with Crippen molar-refractivity contribution in [3.63, 3.8) is 0 Å². The molecule has 1 aliphatic heterocycles. The van der Waals surface area contributed by atoms with Crippen LogP contribution < -0.4 is 20.3 Å². The number of H-pyrrole nitrogens is 1. The Kier molecular flexibility index (Phi) is 4.98. The third-order valence-electron chi connectivity index (χ3n) is 4.75. The molecule has 2 aromatic heterocycles. The van der Waals surface area contributed by atoms with Crippen molar-refractivity contribution >= 4 is 22.6 Å². The fourth-order valence-electron chi connectivity index (χ4n) is 3.51. The number of anilines is 1. The van der Waals surface area contributed by atoms with Crippen LogP contribution in [-0.4, -0.2) is 53.9 Å². The predicted octanol–water partition coefficient (Wildman–Crippen LogP) is 1.84. The zero-order valence-electron chi connectivity index (χ0n) is 16.4. The van der Waals surface area contributed by atoms with Crippen molar-refractivity contribution < 1.29 is 18.7 Å². The van der Waals surface area contributed by atoms with E-state index in [1.54, 1.807) is 13.8 Å². The number of carbonyl (C=O) groups excluding carboxylic acids is 1. The number of likely N-dealkylation sites (N-methyl/N-ethyl adjacent to an activating group) is 1. The highest BCUT2D eigenvalue weighted by molar-refractivity contribution is 6.01. The highest BCUT2D eigenvalue weighted by atomic mass is 16.6. The number of aryl methyl sites for hydroxylation is 2. The average molecular weight is 398 g/mol. The lowest BCUT2D eigenvalue weighted by Gasteiger charge is -2.29. The Balaban J connectivity index is 1.40. The number of amides is 1. The van der Waals surface area contributed by atoms with Crippen LogP contribution in [-0.2, 0) is 4.79 Å². The average Bonchev–Trinajstić information content (AvgIpc) is 3.01. The Labute approximate surface area is 166 Å². The summed E-state index contributed by atoms with van der Waals surface area (Å²) in [5.41, 5.74) is 0.228. The van der Waals surface area contributed by atoms with Crippen LogP contribution in [0.15, 0.2) is 33.5 Å². The lowest BCUT2D eigenvalue weighted by atomic mass is 10.2. The molecule has 4 rings (SSSR count). The van der Waals surface area contributed by atoms with Gasteiger partial charge in [0.25, 0.3) is 5.56 Å². The van der Waals surface area contributed by atoms with E-state index in [0.29, 0.717) is 41.1 Å². The first-order chi connectivity index (χ1) is 13.9. The van der Waals surface area contributed by atoms with Crippen LogP contribution in [0.25, 0.3) is 10.8 Å². The molecule has 152 valence electrons. The Morgan fingerprint density at radius 3 is 2.83 bits per heavy atom. The van der Waals surface area contributed by atoms with Gasteiger partial charge in [0.15, 0.2) is 11.5 Å². The fraction of sp³-hybridized carbons (Fsp3) is 0.350. The molecule has 0 saturated carbocycles. The molecule has 3 aromatic rings. The van der Waals surface area contributed by atoms with E-state index in [0.717, 1.165) is 5.75 Å². The molecular weight excluding hydrogens is 376 g/mol. The Hall–Kier alpha value is -3.33. The van der Waals surface area contributed by atoms with Crippen LogP contribution in [0, 0.1) is 13.8 Å². The first-order valence-electron chi connectivity index (χ1n) is 9.27. The van der Waals surface area contributed by atoms with E-state index in [4.69, 9.17) is 13.9 Å². The summed E-state index contributed by atoms with van der Waals surface area (Å²) in [5, 5.41) is 9.96. The summed E-state index contributed by atoms with van der Waals surface area (Å²) in [4.78, 5) is 26.5. The predicted molar refractivity (Wildman–Crippen MR) is 107 cm³/mol. The number of para-hydroxylation sites is 2. The maximum Gasteiger partial charge on any atom is 0.277 e. The first-order valence-corrected chi connectivity index (χ1v) is 9.27. The van der Waals surface area contributed by atoms with Crippen LogP contribution >= 0.6 is 0 Å². The van der Waals surface area contributed by atoms with Gasteiger partial charge < -0.3 is 13.9 Å². The van der Waals surface area contributed by atoms with Crippen LogP contribution in [0.2, 0.25) is 0 Å². The summed E-state index contributed by atoms with van der Waals surface area (Å²) < 4.78 is 17.2. The summed E-state index contributed by atoms with van der Waals surface area (Å²) in [5.74, 6) is 1.79. The van der Waals surface area contributed by atoms with Crippen LogP contribution in [0.3, 0.4) is 0 Å². The van der Waals surface area contributed by atoms with Crippen molar-refractivity contribution in [2.75, 3.05) is 32.1 Å². The molecule has 1 atom stereocenters. The lowest BCUT2D eigenvalue weighted by Crippen LogP contribution is -2.42. The number of carbonyl (C=O) groups is 1. The van der Waals surface area contributed by atoms with Gasteiger partial charge in [0.05, 0.1) is 17.6 Å². The summed E-state index contributed by atoms with van der Waals surface area (Å²) in [6.07, 6.45) is -0.189. The third-order valence-corrected chi connectivity index (χ3v) is 4.75. The molecule has 0 unspecified atom stereocenters. The molecule has 9 heteroatoms. The number of fused-ring (bicyclic) bond motifs is 2. The Morgan fingerprint density at radius 2 is 2.03 bits per heavy atom. The second-order valence-corrected chi connectivity index (χ2v) is 7.12. The second kappa shape index (κ2) is 7.59. The summed E-state index contributed by atoms with van der Waals surface area (Å²) in [6, 6.07) is 7.49. The molecule has 3 heterocycles. The quantitative estimate of drug-likeness (QED) is 0.675. The van der Waals surface area contributed by atoms with Gasteiger partial charge in [0.1, 0.15) is 23.9 Å². The maximum atomic E-state index is 12.5. The van der Waals surface area contributed by atoms with Gasteiger partial charge in [-0.2, -0.15) is 5.10 Å². The summed E-state index contributed by atoms with van der Waals surface area (Å²) >= 11 is 0. The number of aromatic nitrogens is 2.